The molecule has 1 saturated heterocycles. The summed E-state index contributed by atoms with van der Waals surface area (Å²) < 4.78 is 14.7. The third-order valence-corrected chi connectivity index (χ3v) is 3.77. The molecule has 16 heavy (non-hydrogen) atoms. The van der Waals surface area contributed by atoms with Gasteiger partial charge in [-0.2, -0.15) is 0 Å². The molecule has 0 unspecified atom stereocenters. The molecule has 1 aromatic carbocycles. The Bertz CT molecular complexity index is 421. The number of Topliss-reactive ketones (excluding diaryl/α,β-unsaturated/α-hetero) is 1. The van der Waals surface area contributed by atoms with Crippen molar-refractivity contribution in [2.24, 2.45) is 5.92 Å². The van der Waals surface area contributed by atoms with E-state index in [0.717, 1.165) is 3.57 Å². The van der Waals surface area contributed by atoms with Gasteiger partial charge < -0.3 is 5.32 Å². The predicted molar refractivity (Wildman–Crippen MR) is 68.9 cm³/mol. The van der Waals surface area contributed by atoms with E-state index in [-0.39, 0.29) is 23.4 Å². The van der Waals surface area contributed by atoms with Gasteiger partial charge in [0.15, 0.2) is 0 Å². The zero-order chi connectivity index (χ0) is 11.7. The molecule has 1 aromatic rings. The molecule has 0 radical (unpaired) electrons. The van der Waals surface area contributed by atoms with Crippen molar-refractivity contribution in [3.8, 4) is 0 Å². The number of carbonyl (C=O) groups excluding carboxylic acids is 1. The van der Waals surface area contributed by atoms with Gasteiger partial charge in [0.1, 0.15) is 11.6 Å². The third-order valence-electron chi connectivity index (χ3n) is 3.10. The SMILES string of the molecule is CC(=O)[C@@H]1CNC[C@H]1c1ccc(I)cc1F. The molecule has 0 saturated carbocycles. The van der Waals surface area contributed by atoms with Crippen molar-refractivity contribution in [2.75, 3.05) is 13.1 Å². The summed E-state index contributed by atoms with van der Waals surface area (Å²) in [5.74, 6) is -0.177. The van der Waals surface area contributed by atoms with E-state index in [4.69, 9.17) is 0 Å². The van der Waals surface area contributed by atoms with Crippen LogP contribution < -0.4 is 5.32 Å². The van der Waals surface area contributed by atoms with Gasteiger partial charge in [-0.15, -0.1) is 0 Å². The Kier molecular flexibility index (Phi) is 3.59. The first kappa shape index (κ1) is 12.0. The van der Waals surface area contributed by atoms with E-state index in [1.807, 2.05) is 6.07 Å². The quantitative estimate of drug-likeness (QED) is 0.842. The van der Waals surface area contributed by atoms with Crippen LogP contribution in [0.4, 0.5) is 4.39 Å². The number of benzene rings is 1. The lowest BCUT2D eigenvalue weighted by Gasteiger charge is -2.17. The van der Waals surface area contributed by atoms with Crippen molar-refractivity contribution in [2.45, 2.75) is 12.8 Å². The van der Waals surface area contributed by atoms with Gasteiger partial charge in [-0.05, 0) is 47.2 Å². The van der Waals surface area contributed by atoms with E-state index in [2.05, 4.69) is 27.9 Å². The van der Waals surface area contributed by atoms with Crippen LogP contribution in [0, 0.1) is 15.3 Å². The maximum Gasteiger partial charge on any atom is 0.134 e. The van der Waals surface area contributed by atoms with E-state index in [1.165, 1.54) is 6.07 Å². The third kappa shape index (κ3) is 2.27. The summed E-state index contributed by atoms with van der Waals surface area (Å²) in [5, 5.41) is 3.15. The summed E-state index contributed by atoms with van der Waals surface area (Å²) in [6, 6.07) is 5.20. The Labute approximate surface area is 108 Å². The normalized spacial score (nSPS) is 24.7. The predicted octanol–water partition coefficient (Wildman–Crippen LogP) is 2.32. The summed E-state index contributed by atoms with van der Waals surface area (Å²) >= 11 is 2.08. The van der Waals surface area contributed by atoms with Crippen molar-refractivity contribution in [3.05, 3.63) is 33.1 Å². The molecular formula is C12H13FINO. The molecule has 2 atom stereocenters. The van der Waals surface area contributed by atoms with Crippen LogP contribution >= 0.6 is 22.6 Å². The van der Waals surface area contributed by atoms with Crippen molar-refractivity contribution in [1.82, 2.24) is 5.32 Å². The molecule has 0 aromatic heterocycles. The van der Waals surface area contributed by atoms with Crippen LogP contribution in [0.1, 0.15) is 18.4 Å². The molecule has 2 rings (SSSR count). The minimum atomic E-state index is -0.202. The maximum absolute atomic E-state index is 13.8. The van der Waals surface area contributed by atoms with Gasteiger partial charge in [-0.3, -0.25) is 4.79 Å². The molecular weight excluding hydrogens is 320 g/mol. The number of halogens is 2. The summed E-state index contributed by atoms with van der Waals surface area (Å²) in [7, 11) is 0. The van der Waals surface area contributed by atoms with Crippen LogP contribution in [0.5, 0.6) is 0 Å². The Morgan fingerprint density at radius 3 is 2.88 bits per heavy atom. The van der Waals surface area contributed by atoms with Gasteiger partial charge in [0.05, 0.1) is 0 Å². The van der Waals surface area contributed by atoms with Crippen LogP contribution in [0.25, 0.3) is 0 Å². The average Bonchev–Trinajstić information content (AvgIpc) is 2.66. The van der Waals surface area contributed by atoms with Crippen LogP contribution in [-0.2, 0) is 4.79 Å². The van der Waals surface area contributed by atoms with Crippen LogP contribution in [0.2, 0.25) is 0 Å². The fraction of sp³-hybridized carbons (Fsp3) is 0.417. The highest BCUT2D eigenvalue weighted by Gasteiger charge is 2.33. The summed E-state index contributed by atoms with van der Waals surface area (Å²) in [5.41, 5.74) is 0.658. The van der Waals surface area contributed by atoms with Gasteiger partial charge >= 0.3 is 0 Å². The summed E-state index contributed by atoms with van der Waals surface area (Å²) in [6.07, 6.45) is 0. The Balaban J connectivity index is 2.32. The highest BCUT2D eigenvalue weighted by Crippen LogP contribution is 2.31. The number of hydrogen-bond donors (Lipinski definition) is 1. The number of nitrogens with one attached hydrogen (secondary N) is 1. The zero-order valence-corrected chi connectivity index (χ0v) is 11.1. The van der Waals surface area contributed by atoms with E-state index in [0.29, 0.717) is 18.7 Å². The van der Waals surface area contributed by atoms with Crippen molar-refractivity contribution >= 4 is 28.4 Å². The lowest BCUT2D eigenvalue weighted by atomic mass is 9.86. The molecule has 0 bridgehead atoms. The number of rotatable bonds is 2. The highest BCUT2D eigenvalue weighted by molar-refractivity contribution is 14.1. The zero-order valence-electron chi connectivity index (χ0n) is 8.97. The molecule has 1 fully saturated rings. The molecule has 1 aliphatic rings. The Morgan fingerprint density at radius 1 is 1.50 bits per heavy atom. The molecule has 2 nitrogen and oxygen atoms in total. The maximum atomic E-state index is 13.8. The van der Waals surface area contributed by atoms with Crippen LogP contribution in [-0.4, -0.2) is 18.9 Å². The van der Waals surface area contributed by atoms with E-state index >= 15 is 0 Å². The first-order valence-corrected chi connectivity index (χ1v) is 6.33. The molecule has 0 amide bonds. The first-order chi connectivity index (χ1) is 7.59. The first-order valence-electron chi connectivity index (χ1n) is 5.25. The molecule has 4 heteroatoms. The van der Waals surface area contributed by atoms with E-state index < -0.39 is 0 Å². The van der Waals surface area contributed by atoms with Crippen molar-refractivity contribution in [3.63, 3.8) is 0 Å². The minimum Gasteiger partial charge on any atom is -0.315 e. The van der Waals surface area contributed by atoms with Gasteiger partial charge in [0.25, 0.3) is 0 Å². The molecule has 1 aliphatic heterocycles. The number of ketones is 1. The number of hydrogen-bond acceptors (Lipinski definition) is 2. The van der Waals surface area contributed by atoms with Gasteiger partial charge in [-0.25, -0.2) is 4.39 Å². The average molecular weight is 333 g/mol. The smallest absolute Gasteiger partial charge is 0.134 e. The fourth-order valence-electron chi connectivity index (χ4n) is 2.23. The van der Waals surface area contributed by atoms with E-state index in [1.54, 1.807) is 13.0 Å². The monoisotopic (exact) mass is 333 g/mol. The standard InChI is InChI=1S/C12H13FINO/c1-7(16)10-5-15-6-11(10)9-3-2-8(14)4-12(9)13/h2-4,10-11,15H,5-6H2,1H3/t10-,11-/m0/s1. The van der Waals surface area contributed by atoms with Crippen LogP contribution in [0.15, 0.2) is 18.2 Å². The van der Waals surface area contributed by atoms with Gasteiger partial charge in [-0.1, -0.05) is 6.07 Å². The lowest BCUT2D eigenvalue weighted by Crippen LogP contribution is -2.19. The van der Waals surface area contributed by atoms with Crippen molar-refractivity contribution < 1.29 is 9.18 Å². The van der Waals surface area contributed by atoms with E-state index in [9.17, 15) is 9.18 Å². The van der Waals surface area contributed by atoms with Crippen molar-refractivity contribution in [1.29, 1.82) is 0 Å². The molecule has 0 spiro atoms. The second-order valence-electron chi connectivity index (χ2n) is 4.15. The number of carbonyl (C=O) groups is 1. The second-order valence-corrected chi connectivity index (χ2v) is 5.39. The molecule has 1 heterocycles. The molecule has 1 N–H and O–H groups in total. The summed E-state index contributed by atoms with van der Waals surface area (Å²) in [6.45, 7) is 2.92. The Hall–Kier alpha value is -0.490. The van der Waals surface area contributed by atoms with Gasteiger partial charge in [0, 0.05) is 28.5 Å². The largest absolute Gasteiger partial charge is 0.315 e. The second kappa shape index (κ2) is 4.79. The summed E-state index contributed by atoms with van der Waals surface area (Å²) in [4.78, 5) is 11.4. The topological polar surface area (TPSA) is 29.1 Å². The minimum absolute atomic E-state index is 0.0190. The highest BCUT2D eigenvalue weighted by atomic mass is 127. The van der Waals surface area contributed by atoms with Crippen LogP contribution in [0.3, 0.4) is 0 Å². The fourth-order valence-corrected chi connectivity index (χ4v) is 2.69. The molecule has 86 valence electrons. The van der Waals surface area contributed by atoms with Gasteiger partial charge in [0.2, 0.25) is 0 Å². The lowest BCUT2D eigenvalue weighted by molar-refractivity contribution is -0.120. The Morgan fingerprint density at radius 2 is 2.25 bits per heavy atom. The molecule has 0 aliphatic carbocycles.